The lowest BCUT2D eigenvalue weighted by Gasteiger charge is -2.12. The van der Waals surface area contributed by atoms with Crippen molar-refractivity contribution in [2.45, 2.75) is 16.7 Å². The number of aryl methyl sites for hydroxylation is 1. The molecule has 0 aliphatic rings. The van der Waals surface area contributed by atoms with Crippen molar-refractivity contribution in [2.75, 3.05) is 11.8 Å². The van der Waals surface area contributed by atoms with E-state index in [1.165, 1.54) is 43.3 Å². The maximum absolute atomic E-state index is 12.6. The Morgan fingerprint density at radius 3 is 2.28 bits per heavy atom. The molecule has 0 spiro atoms. The van der Waals surface area contributed by atoms with E-state index in [1.54, 1.807) is 0 Å². The number of rotatable bonds is 5. The maximum Gasteiger partial charge on any atom is 0.339 e. The number of benzene rings is 2. The highest BCUT2D eigenvalue weighted by atomic mass is 32.2. The van der Waals surface area contributed by atoms with Crippen LogP contribution in [0.25, 0.3) is 0 Å². The van der Waals surface area contributed by atoms with E-state index in [1.807, 2.05) is 0 Å². The minimum atomic E-state index is -4.16. The summed E-state index contributed by atoms with van der Waals surface area (Å²) in [5.41, 5.74) is 0.228. The largest absolute Gasteiger partial charge is 0.465 e. The number of nitrogens with one attached hydrogen (secondary N) is 1. The second kappa shape index (κ2) is 6.82. The van der Waals surface area contributed by atoms with Crippen LogP contribution < -0.4 is 9.86 Å². The Morgan fingerprint density at radius 1 is 1.04 bits per heavy atom. The fourth-order valence-electron chi connectivity index (χ4n) is 2.16. The van der Waals surface area contributed by atoms with Gasteiger partial charge in [-0.1, -0.05) is 18.2 Å². The molecule has 2 aromatic carbocycles. The molecule has 0 saturated carbocycles. The molecule has 0 saturated heterocycles. The fourth-order valence-corrected chi connectivity index (χ4v) is 4.21. The first-order valence-electron chi connectivity index (χ1n) is 6.90. The van der Waals surface area contributed by atoms with Gasteiger partial charge in [0, 0.05) is 0 Å². The van der Waals surface area contributed by atoms with Crippen LogP contribution in [0.15, 0.2) is 52.3 Å². The zero-order chi connectivity index (χ0) is 18.8. The number of ether oxygens (including phenoxy) is 1. The van der Waals surface area contributed by atoms with E-state index in [9.17, 15) is 21.6 Å². The molecule has 8 nitrogen and oxygen atoms in total. The molecule has 0 radical (unpaired) electrons. The third kappa shape index (κ3) is 4.16. The van der Waals surface area contributed by atoms with E-state index in [0.717, 1.165) is 13.2 Å². The Kier molecular flexibility index (Phi) is 5.16. The smallest absolute Gasteiger partial charge is 0.339 e. The number of methoxy groups -OCH3 is 1. The van der Waals surface area contributed by atoms with Crippen LogP contribution in [0, 0.1) is 6.92 Å². The van der Waals surface area contributed by atoms with Crippen LogP contribution >= 0.6 is 0 Å². The summed E-state index contributed by atoms with van der Waals surface area (Å²) >= 11 is 0. The number of esters is 1. The minimum Gasteiger partial charge on any atom is -0.465 e. The molecule has 3 N–H and O–H groups in total. The average Bonchev–Trinajstić information content (AvgIpc) is 2.54. The zero-order valence-electron chi connectivity index (χ0n) is 13.4. The summed E-state index contributed by atoms with van der Waals surface area (Å²) in [4.78, 5) is 11.3. The number of nitrogens with two attached hydrogens (primary N) is 1. The lowest BCUT2D eigenvalue weighted by Crippen LogP contribution is -2.18. The summed E-state index contributed by atoms with van der Waals surface area (Å²) in [6.07, 6.45) is 0. The van der Waals surface area contributed by atoms with E-state index < -0.39 is 26.0 Å². The van der Waals surface area contributed by atoms with Crippen LogP contribution in [0.3, 0.4) is 0 Å². The number of hydrogen-bond donors (Lipinski definition) is 2. The Balaban J connectivity index is 2.50. The molecule has 2 aromatic rings. The minimum absolute atomic E-state index is 0.00528. The van der Waals surface area contributed by atoms with E-state index in [4.69, 9.17) is 5.14 Å². The molecule has 2 rings (SSSR count). The van der Waals surface area contributed by atoms with Gasteiger partial charge in [-0.2, -0.15) is 0 Å². The molecule has 134 valence electrons. The number of hydrogen-bond acceptors (Lipinski definition) is 6. The van der Waals surface area contributed by atoms with Gasteiger partial charge < -0.3 is 4.74 Å². The molecule has 0 aromatic heterocycles. The van der Waals surface area contributed by atoms with Crippen molar-refractivity contribution < 1.29 is 26.4 Å². The standard InChI is InChI=1S/C15H16N2O6S2/c1-10-7-8-11(9-14(10)24(16,19)20)17-25(21,22)13-6-4-3-5-12(13)15(18)23-2/h3-9,17H,1-2H3,(H2,16,19,20). The summed E-state index contributed by atoms with van der Waals surface area (Å²) < 4.78 is 55.1. The van der Waals surface area contributed by atoms with Gasteiger partial charge in [-0.05, 0) is 36.8 Å². The molecule has 0 amide bonds. The SMILES string of the molecule is COC(=O)c1ccccc1S(=O)(=O)Nc1ccc(C)c(S(N)(=O)=O)c1. The van der Waals surface area contributed by atoms with Crippen LogP contribution in [0.4, 0.5) is 5.69 Å². The molecule has 0 bridgehead atoms. The van der Waals surface area contributed by atoms with Crippen LogP contribution in [-0.2, 0) is 24.8 Å². The first-order valence-corrected chi connectivity index (χ1v) is 9.93. The number of sulfonamides is 2. The molecule has 0 aliphatic carbocycles. The van der Waals surface area contributed by atoms with E-state index in [2.05, 4.69) is 9.46 Å². The normalized spacial score (nSPS) is 11.8. The maximum atomic E-state index is 12.6. The third-order valence-electron chi connectivity index (χ3n) is 3.33. The average molecular weight is 384 g/mol. The Bertz CT molecular complexity index is 1030. The number of carbonyl (C=O) groups excluding carboxylic acids is 1. The number of anilines is 1. The molecular formula is C15H16N2O6S2. The quantitative estimate of drug-likeness (QED) is 0.745. The highest BCUT2D eigenvalue weighted by Crippen LogP contribution is 2.23. The molecule has 0 aliphatic heterocycles. The van der Waals surface area contributed by atoms with Crippen molar-refractivity contribution in [2.24, 2.45) is 5.14 Å². The van der Waals surface area contributed by atoms with Crippen molar-refractivity contribution in [1.29, 1.82) is 0 Å². The van der Waals surface area contributed by atoms with Gasteiger partial charge in [0.2, 0.25) is 10.0 Å². The summed E-state index contributed by atoms with van der Waals surface area (Å²) in [7, 11) is -7.03. The van der Waals surface area contributed by atoms with Gasteiger partial charge in [0.15, 0.2) is 0 Å². The summed E-state index contributed by atoms with van der Waals surface area (Å²) in [5, 5.41) is 5.12. The van der Waals surface area contributed by atoms with Crippen LogP contribution in [-0.4, -0.2) is 29.9 Å². The lowest BCUT2D eigenvalue weighted by molar-refractivity contribution is 0.0596. The lowest BCUT2D eigenvalue weighted by atomic mass is 10.2. The van der Waals surface area contributed by atoms with Crippen LogP contribution in [0.5, 0.6) is 0 Å². The molecule has 0 atom stereocenters. The Morgan fingerprint density at radius 2 is 1.68 bits per heavy atom. The predicted molar refractivity (Wildman–Crippen MR) is 91.1 cm³/mol. The Hall–Kier alpha value is -2.43. The van der Waals surface area contributed by atoms with Crippen molar-refractivity contribution in [1.82, 2.24) is 0 Å². The zero-order valence-corrected chi connectivity index (χ0v) is 15.0. The topological polar surface area (TPSA) is 133 Å². The monoisotopic (exact) mass is 384 g/mol. The molecule has 0 unspecified atom stereocenters. The van der Waals surface area contributed by atoms with Crippen molar-refractivity contribution in [3.05, 3.63) is 53.6 Å². The fraction of sp³-hybridized carbons (Fsp3) is 0.133. The van der Waals surface area contributed by atoms with E-state index in [-0.39, 0.29) is 21.0 Å². The first-order chi connectivity index (χ1) is 11.6. The van der Waals surface area contributed by atoms with Gasteiger partial charge in [0.05, 0.1) is 23.3 Å². The molecular weight excluding hydrogens is 368 g/mol. The van der Waals surface area contributed by atoms with Crippen LogP contribution in [0.2, 0.25) is 0 Å². The summed E-state index contributed by atoms with van der Waals surface area (Å²) in [5.74, 6) is -0.810. The van der Waals surface area contributed by atoms with E-state index in [0.29, 0.717) is 5.56 Å². The number of carbonyl (C=O) groups is 1. The van der Waals surface area contributed by atoms with E-state index >= 15 is 0 Å². The summed E-state index contributed by atoms with van der Waals surface area (Å²) in [6.45, 7) is 1.53. The van der Waals surface area contributed by atoms with Crippen molar-refractivity contribution in [3.63, 3.8) is 0 Å². The predicted octanol–water partition coefficient (Wildman–Crippen LogP) is 1.23. The van der Waals surface area contributed by atoms with Gasteiger partial charge in [0.25, 0.3) is 10.0 Å². The van der Waals surface area contributed by atoms with Gasteiger partial charge >= 0.3 is 5.97 Å². The molecule has 25 heavy (non-hydrogen) atoms. The molecule has 0 fully saturated rings. The van der Waals surface area contributed by atoms with Crippen molar-refractivity contribution in [3.8, 4) is 0 Å². The third-order valence-corrected chi connectivity index (χ3v) is 5.82. The second-order valence-electron chi connectivity index (χ2n) is 5.12. The van der Waals surface area contributed by atoms with Gasteiger partial charge in [-0.3, -0.25) is 4.72 Å². The summed E-state index contributed by atoms with van der Waals surface area (Å²) in [6, 6.07) is 9.42. The van der Waals surface area contributed by atoms with Crippen LogP contribution in [0.1, 0.15) is 15.9 Å². The Labute approximate surface area is 145 Å². The van der Waals surface area contributed by atoms with Gasteiger partial charge in [0.1, 0.15) is 4.90 Å². The van der Waals surface area contributed by atoms with Gasteiger partial charge in [-0.25, -0.2) is 26.8 Å². The van der Waals surface area contributed by atoms with Gasteiger partial charge in [-0.15, -0.1) is 0 Å². The molecule has 0 heterocycles. The number of primary sulfonamides is 1. The molecule has 10 heteroatoms. The highest BCUT2D eigenvalue weighted by Gasteiger charge is 2.23. The highest BCUT2D eigenvalue weighted by molar-refractivity contribution is 7.92. The van der Waals surface area contributed by atoms with Crippen molar-refractivity contribution >= 4 is 31.7 Å². The first kappa shape index (κ1) is 18.9. The second-order valence-corrected chi connectivity index (χ2v) is 8.30.